The van der Waals surface area contributed by atoms with Crippen LogP contribution in [0.2, 0.25) is 0 Å². The number of nitrogen functional groups attached to an aromatic ring is 1. The van der Waals surface area contributed by atoms with Gasteiger partial charge in [-0.3, -0.25) is 0 Å². The summed E-state index contributed by atoms with van der Waals surface area (Å²) in [6.07, 6.45) is 2.83. The van der Waals surface area contributed by atoms with E-state index in [2.05, 4.69) is 31.1 Å². The van der Waals surface area contributed by atoms with E-state index in [0.717, 1.165) is 30.0 Å². The van der Waals surface area contributed by atoms with Crippen molar-refractivity contribution in [3.63, 3.8) is 0 Å². The molecule has 3 heteroatoms. The molecule has 1 aromatic rings. The van der Waals surface area contributed by atoms with Gasteiger partial charge < -0.3 is 11.1 Å². The molecule has 0 atom stereocenters. The summed E-state index contributed by atoms with van der Waals surface area (Å²) >= 11 is 0. The highest BCUT2D eigenvalue weighted by Crippen LogP contribution is 2.19. The minimum Gasteiger partial charge on any atom is -0.397 e. The number of rotatable bonds is 3. The molecule has 0 aliphatic heterocycles. The second-order valence-corrected chi connectivity index (χ2v) is 5.16. The first-order valence-corrected chi connectivity index (χ1v) is 5.34. The average Bonchev–Trinajstić information content (AvgIpc) is 2.09. The minimum absolute atomic E-state index is 0.357. The van der Waals surface area contributed by atoms with Crippen LogP contribution < -0.4 is 11.1 Å². The molecule has 0 aromatic carbocycles. The summed E-state index contributed by atoms with van der Waals surface area (Å²) in [5, 5.41) is 3.30. The highest BCUT2D eigenvalue weighted by atomic mass is 15.0. The molecule has 0 saturated carbocycles. The summed E-state index contributed by atoms with van der Waals surface area (Å²) < 4.78 is 0. The van der Waals surface area contributed by atoms with Gasteiger partial charge >= 0.3 is 0 Å². The van der Waals surface area contributed by atoms with Crippen LogP contribution in [-0.2, 0) is 0 Å². The van der Waals surface area contributed by atoms with Gasteiger partial charge in [0, 0.05) is 6.54 Å². The van der Waals surface area contributed by atoms with Crippen molar-refractivity contribution < 1.29 is 0 Å². The van der Waals surface area contributed by atoms with E-state index in [9.17, 15) is 0 Å². The molecule has 0 spiro atoms. The van der Waals surface area contributed by atoms with Crippen molar-refractivity contribution >= 4 is 11.5 Å². The third kappa shape index (κ3) is 4.19. The minimum atomic E-state index is 0.357. The van der Waals surface area contributed by atoms with Crippen molar-refractivity contribution in [3.8, 4) is 0 Å². The average molecular weight is 207 g/mol. The Labute approximate surface area is 92.1 Å². The Morgan fingerprint density at radius 1 is 1.40 bits per heavy atom. The SMILES string of the molecule is Cc1cc(NCCC(C)(C)C)ncc1N. The first-order valence-electron chi connectivity index (χ1n) is 5.34. The van der Waals surface area contributed by atoms with Gasteiger partial charge in [-0.1, -0.05) is 20.8 Å². The van der Waals surface area contributed by atoms with Gasteiger partial charge in [0.05, 0.1) is 11.9 Å². The summed E-state index contributed by atoms with van der Waals surface area (Å²) in [5.74, 6) is 0.908. The van der Waals surface area contributed by atoms with Gasteiger partial charge in [-0.25, -0.2) is 4.98 Å². The largest absolute Gasteiger partial charge is 0.397 e. The topological polar surface area (TPSA) is 50.9 Å². The fourth-order valence-electron chi connectivity index (χ4n) is 1.23. The zero-order chi connectivity index (χ0) is 11.5. The van der Waals surface area contributed by atoms with Crippen LogP contribution in [0, 0.1) is 12.3 Å². The van der Waals surface area contributed by atoms with Crippen molar-refractivity contribution in [2.24, 2.45) is 5.41 Å². The van der Waals surface area contributed by atoms with Crippen molar-refractivity contribution in [1.29, 1.82) is 0 Å². The standard InChI is InChI=1S/C12H21N3/c1-9-7-11(15-8-10(9)13)14-6-5-12(2,3)4/h7-8H,5-6,13H2,1-4H3,(H,14,15). The Balaban J connectivity index is 2.48. The maximum Gasteiger partial charge on any atom is 0.126 e. The number of nitrogens with zero attached hydrogens (tertiary/aromatic N) is 1. The number of hydrogen-bond acceptors (Lipinski definition) is 3. The smallest absolute Gasteiger partial charge is 0.126 e. The van der Waals surface area contributed by atoms with Gasteiger partial charge in [-0.05, 0) is 30.4 Å². The number of aryl methyl sites for hydroxylation is 1. The number of hydrogen-bond donors (Lipinski definition) is 2. The molecule has 1 rings (SSSR count). The molecule has 0 amide bonds. The zero-order valence-electron chi connectivity index (χ0n) is 10.1. The van der Waals surface area contributed by atoms with Gasteiger partial charge in [-0.2, -0.15) is 0 Å². The zero-order valence-corrected chi connectivity index (χ0v) is 10.1. The van der Waals surface area contributed by atoms with E-state index in [4.69, 9.17) is 5.73 Å². The molecule has 84 valence electrons. The van der Waals surface area contributed by atoms with Crippen LogP contribution in [0.1, 0.15) is 32.8 Å². The number of anilines is 2. The third-order valence-corrected chi connectivity index (χ3v) is 2.33. The van der Waals surface area contributed by atoms with Crippen molar-refractivity contribution in [2.45, 2.75) is 34.1 Å². The molecule has 3 nitrogen and oxygen atoms in total. The van der Waals surface area contributed by atoms with E-state index < -0.39 is 0 Å². The molecule has 1 aromatic heterocycles. The summed E-state index contributed by atoms with van der Waals surface area (Å²) in [4.78, 5) is 4.22. The van der Waals surface area contributed by atoms with Crippen LogP contribution >= 0.6 is 0 Å². The first-order chi connectivity index (χ1) is 6.88. The quantitative estimate of drug-likeness (QED) is 0.801. The summed E-state index contributed by atoms with van der Waals surface area (Å²) in [5.41, 5.74) is 7.87. The van der Waals surface area contributed by atoms with Crippen molar-refractivity contribution in [1.82, 2.24) is 4.98 Å². The highest BCUT2D eigenvalue weighted by Gasteiger charge is 2.09. The first kappa shape index (κ1) is 11.8. The highest BCUT2D eigenvalue weighted by molar-refractivity contribution is 5.50. The fraction of sp³-hybridized carbons (Fsp3) is 0.583. The van der Waals surface area contributed by atoms with Gasteiger partial charge in [0.2, 0.25) is 0 Å². The predicted molar refractivity (Wildman–Crippen MR) is 65.9 cm³/mol. The molecule has 0 aliphatic carbocycles. The molecule has 0 saturated heterocycles. The van der Waals surface area contributed by atoms with E-state index in [0.29, 0.717) is 5.41 Å². The lowest BCUT2D eigenvalue weighted by molar-refractivity contribution is 0.389. The van der Waals surface area contributed by atoms with Crippen LogP contribution in [-0.4, -0.2) is 11.5 Å². The molecular formula is C12H21N3. The fourth-order valence-corrected chi connectivity index (χ4v) is 1.23. The number of nitrogens with two attached hydrogens (primary N) is 1. The molecule has 0 unspecified atom stereocenters. The number of aromatic nitrogens is 1. The van der Waals surface area contributed by atoms with Gasteiger partial charge in [0.15, 0.2) is 0 Å². The van der Waals surface area contributed by atoms with E-state index in [1.807, 2.05) is 13.0 Å². The summed E-state index contributed by atoms with van der Waals surface area (Å²) in [6.45, 7) is 9.63. The third-order valence-electron chi connectivity index (χ3n) is 2.33. The Bertz CT molecular complexity index is 326. The van der Waals surface area contributed by atoms with Crippen LogP contribution in [0.15, 0.2) is 12.3 Å². The second kappa shape index (κ2) is 4.51. The lowest BCUT2D eigenvalue weighted by Crippen LogP contribution is -2.13. The van der Waals surface area contributed by atoms with Gasteiger partial charge in [0.25, 0.3) is 0 Å². The molecule has 15 heavy (non-hydrogen) atoms. The van der Waals surface area contributed by atoms with E-state index in [1.165, 1.54) is 0 Å². The lowest BCUT2D eigenvalue weighted by atomic mass is 9.92. The summed E-state index contributed by atoms with van der Waals surface area (Å²) in [6, 6.07) is 1.98. The molecule has 0 fully saturated rings. The maximum atomic E-state index is 5.70. The molecule has 0 bridgehead atoms. The van der Waals surface area contributed by atoms with Crippen LogP contribution in [0.3, 0.4) is 0 Å². The Kier molecular flexibility index (Phi) is 3.56. The number of pyridine rings is 1. The maximum absolute atomic E-state index is 5.70. The van der Waals surface area contributed by atoms with Crippen LogP contribution in [0.5, 0.6) is 0 Å². The molecule has 0 aliphatic rings. The predicted octanol–water partition coefficient (Wildman–Crippen LogP) is 2.82. The van der Waals surface area contributed by atoms with E-state index in [-0.39, 0.29) is 0 Å². The van der Waals surface area contributed by atoms with E-state index >= 15 is 0 Å². The summed E-state index contributed by atoms with van der Waals surface area (Å²) in [7, 11) is 0. The van der Waals surface area contributed by atoms with Crippen molar-refractivity contribution in [3.05, 3.63) is 17.8 Å². The number of nitrogens with one attached hydrogen (secondary N) is 1. The Hall–Kier alpha value is -1.25. The second-order valence-electron chi connectivity index (χ2n) is 5.16. The molecule has 3 N–H and O–H groups in total. The van der Waals surface area contributed by atoms with Crippen molar-refractivity contribution in [2.75, 3.05) is 17.6 Å². The molecular weight excluding hydrogens is 186 g/mol. The van der Waals surface area contributed by atoms with Crippen LogP contribution in [0.4, 0.5) is 11.5 Å². The normalized spacial score (nSPS) is 11.5. The molecule has 0 radical (unpaired) electrons. The molecule has 1 heterocycles. The Morgan fingerprint density at radius 3 is 2.60 bits per heavy atom. The van der Waals surface area contributed by atoms with E-state index in [1.54, 1.807) is 6.20 Å². The van der Waals surface area contributed by atoms with Gasteiger partial charge in [0.1, 0.15) is 5.82 Å². The lowest BCUT2D eigenvalue weighted by Gasteiger charge is -2.18. The monoisotopic (exact) mass is 207 g/mol. The van der Waals surface area contributed by atoms with Crippen LogP contribution in [0.25, 0.3) is 0 Å². The van der Waals surface area contributed by atoms with Gasteiger partial charge in [-0.15, -0.1) is 0 Å². The Morgan fingerprint density at radius 2 is 2.07 bits per heavy atom.